The normalized spacial score (nSPS) is 24.9. The van der Waals surface area contributed by atoms with Crippen LogP contribution in [-0.2, 0) is 19.4 Å². The number of hydrogen-bond acceptors (Lipinski definition) is 6. The van der Waals surface area contributed by atoms with Crippen LogP contribution in [-0.4, -0.2) is 57.6 Å². The van der Waals surface area contributed by atoms with Crippen molar-refractivity contribution in [2.75, 3.05) is 32.6 Å². The number of sulfone groups is 1. The van der Waals surface area contributed by atoms with Crippen molar-refractivity contribution >= 4 is 15.8 Å². The lowest BCUT2D eigenvalue weighted by Crippen LogP contribution is -2.49. The van der Waals surface area contributed by atoms with Crippen LogP contribution in [0.25, 0.3) is 0 Å². The molecule has 1 aliphatic heterocycles. The van der Waals surface area contributed by atoms with Gasteiger partial charge < -0.3 is 15.2 Å². The van der Waals surface area contributed by atoms with Crippen molar-refractivity contribution < 1.29 is 23.1 Å². The molecule has 1 saturated heterocycles. The van der Waals surface area contributed by atoms with E-state index >= 15 is 0 Å². The largest absolute Gasteiger partial charge is 0.481 e. The first kappa shape index (κ1) is 28.2. The Bertz CT molecular complexity index is 943. The number of nitrogens with one attached hydrogen (secondary N) is 2. The Morgan fingerprint density at radius 2 is 1.97 bits per heavy atom. The lowest BCUT2D eigenvalue weighted by Gasteiger charge is -2.35. The maximum absolute atomic E-state index is 13.8. The van der Waals surface area contributed by atoms with Gasteiger partial charge in [0.15, 0.2) is 9.84 Å². The Morgan fingerprint density at radius 1 is 1.24 bits per heavy atom. The molecular weight excluding hydrogens is 452 g/mol. The second-order valence-corrected chi connectivity index (χ2v) is 10.8. The van der Waals surface area contributed by atoms with Gasteiger partial charge in [-0.15, -0.1) is 0 Å². The van der Waals surface area contributed by atoms with Crippen molar-refractivity contribution in [3.63, 3.8) is 0 Å². The summed E-state index contributed by atoms with van der Waals surface area (Å²) in [6, 6.07) is 9.68. The molecule has 0 spiro atoms. The first-order chi connectivity index (χ1) is 16.3. The molecule has 0 saturated carbocycles. The van der Waals surface area contributed by atoms with Gasteiger partial charge in [0.25, 0.3) is 0 Å². The number of rotatable bonds is 13. The first-order valence-electron chi connectivity index (χ1n) is 12.2. The highest BCUT2D eigenvalue weighted by atomic mass is 32.2. The van der Waals surface area contributed by atoms with E-state index in [1.54, 1.807) is 13.2 Å². The molecule has 1 aliphatic rings. The predicted molar refractivity (Wildman–Crippen MR) is 136 cm³/mol. The Kier molecular flexibility index (Phi) is 11.4. The van der Waals surface area contributed by atoms with E-state index in [1.165, 1.54) is 0 Å². The Hall–Kier alpha value is -2.00. The zero-order valence-corrected chi connectivity index (χ0v) is 21.5. The van der Waals surface area contributed by atoms with Gasteiger partial charge >= 0.3 is 5.97 Å². The molecule has 1 aromatic carbocycles. The summed E-state index contributed by atoms with van der Waals surface area (Å²) in [4.78, 5) is 11.1. The van der Waals surface area contributed by atoms with Gasteiger partial charge in [-0.1, -0.05) is 69.2 Å². The maximum Gasteiger partial charge on any atom is 0.304 e. The molecule has 2 atom stereocenters. The van der Waals surface area contributed by atoms with Gasteiger partial charge in [-0.2, -0.15) is 0 Å². The van der Waals surface area contributed by atoms with Crippen molar-refractivity contribution in [1.82, 2.24) is 10.6 Å². The summed E-state index contributed by atoms with van der Waals surface area (Å²) in [6.45, 7) is 5.33. The van der Waals surface area contributed by atoms with E-state index in [-0.39, 0.29) is 18.2 Å². The number of methoxy groups -OCH3 is 1. The Balaban J connectivity index is 2.51. The van der Waals surface area contributed by atoms with E-state index < -0.39 is 21.3 Å². The lowest BCUT2D eigenvalue weighted by atomic mass is 9.87. The van der Waals surface area contributed by atoms with E-state index in [0.717, 1.165) is 24.8 Å². The Morgan fingerprint density at radius 3 is 2.59 bits per heavy atom. The molecule has 0 aromatic heterocycles. The molecule has 0 amide bonds. The molecule has 1 fully saturated rings. The third-order valence-corrected chi connectivity index (χ3v) is 8.31. The molecule has 0 radical (unpaired) electrons. The molecular formula is C26H40N2O5S. The lowest BCUT2D eigenvalue weighted by molar-refractivity contribution is -0.136. The van der Waals surface area contributed by atoms with E-state index in [2.05, 4.69) is 24.5 Å². The minimum atomic E-state index is -3.58. The number of unbranched alkanes of at least 4 members (excludes halogenated alkanes) is 1. The molecule has 0 aliphatic carbocycles. The van der Waals surface area contributed by atoms with E-state index in [0.29, 0.717) is 43.0 Å². The SMILES string of the molecule is CCCC[C@]1(CC)CS(=O)(=O)C(=C/CCNCCC(=O)O)/C(=C\COC)[C@@H](c2ccccc2)N1. The average Bonchev–Trinajstić information content (AvgIpc) is 2.91. The highest BCUT2D eigenvalue weighted by Gasteiger charge is 2.43. The van der Waals surface area contributed by atoms with Gasteiger partial charge in [-0.05, 0) is 36.9 Å². The minimum Gasteiger partial charge on any atom is -0.481 e. The second kappa shape index (κ2) is 13.8. The monoisotopic (exact) mass is 492 g/mol. The fourth-order valence-corrected chi connectivity index (χ4v) is 6.65. The van der Waals surface area contributed by atoms with Crippen molar-refractivity contribution in [2.24, 2.45) is 0 Å². The van der Waals surface area contributed by atoms with Crippen molar-refractivity contribution in [3.05, 3.63) is 58.5 Å². The summed E-state index contributed by atoms with van der Waals surface area (Å²) in [6.07, 6.45) is 7.60. The molecule has 3 N–H and O–H groups in total. The molecule has 34 heavy (non-hydrogen) atoms. The van der Waals surface area contributed by atoms with Crippen LogP contribution in [0.15, 0.2) is 53.0 Å². The molecule has 1 heterocycles. The average molecular weight is 493 g/mol. The number of carbonyl (C=O) groups is 1. The summed E-state index contributed by atoms with van der Waals surface area (Å²) in [5.41, 5.74) is 1.20. The van der Waals surface area contributed by atoms with Crippen molar-refractivity contribution in [3.8, 4) is 0 Å². The molecule has 190 valence electrons. The van der Waals surface area contributed by atoms with Gasteiger partial charge in [0.2, 0.25) is 0 Å². The molecule has 7 nitrogen and oxygen atoms in total. The van der Waals surface area contributed by atoms with Crippen LogP contribution in [0.1, 0.15) is 64.0 Å². The number of carboxylic acids is 1. The van der Waals surface area contributed by atoms with Crippen LogP contribution in [0, 0.1) is 0 Å². The van der Waals surface area contributed by atoms with E-state index in [9.17, 15) is 13.2 Å². The number of hydrogen-bond donors (Lipinski definition) is 3. The van der Waals surface area contributed by atoms with E-state index in [4.69, 9.17) is 9.84 Å². The van der Waals surface area contributed by atoms with Gasteiger partial charge in [0.1, 0.15) is 0 Å². The Labute approximate surface area is 204 Å². The standard InChI is InChI=1S/C26H40N2O5S/c1-4-6-16-26(5-2)20-34(31,32)23(13-10-17-27-18-14-24(29)30)22(15-19-33-3)25(28-26)21-11-8-7-9-12-21/h7-9,11-13,15,25,27-28H,4-6,10,14,16-20H2,1-3H3,(H,29,30)/b22-15+,23-13+/t25-,26-/m1/s1. The molecule has 0 bridgehead atoms. The van der Waals surface area contributed by atoms with Gasteiger partial charge in [-0.3, -0.25) is 10.1 Å². The van der Waals surface area contributed by atoms with Gasteiger partial charge in [-0.25, -0.2) is 8.42 Å². The molecule has 2 rings (SSSR count). The van der Waals surface area contributed by atoms with Gasteiger partial charge in [0.05, 0.1) is 29.7 Å². The number of benzene rings is 1. The summed E-state index contributed by atoms with van der Waals surface area (Å²) < 4.78 is 32.9. The first-order valence-corrected chi connectivity index (χ1v) is 13.8. The van der Waals surface area contributed by atoms with Crippen LogP contribution < -0.4 is 10.6 Å². The third-order valence-electron chi connectivity index (χ3n) is 6.30. The summed E-state index contributed by atoms with van der Waals surface area (Å²) in [7, 11) is -1.99. The van der Waals surface area contributed by atoms with Crippen LogP contribution >= 0.6 is 0 Å². The summed E-state index contributed by atoms with van der Waals surface area (Å²) in [5, 5.41) is 15.7. The quantitative estimate of drug-likeness (QED) is 0.358. The highest BCUT2D eigenvalue weighted by molar-refractivity contribution is 7.95. The van der Waals surface area contributed by atoms with E-state index in [1.807, 2.05) is 36.4 Å². The zero-order chi connectivity index (χ0) is 25.0. The van der Waals surface area contributed by atoms with Crippen LogP contribution in [0.3, 0.4) is 0 Å². The zero-order valence-electron chi connectivity index (χ0n) is 20.7. The number of carboxylic acid groups (broad SMARTS) is 1. The van der Waals surface area contributed by atoms with Crippen LogP contribution in [0.4, 0.5) is 0 Å². The number of aliphatic carboxylic acids is 1. The second-order valence-electron chi connectivity index (χ2n) is 8.85. The molecule has 8 heteroatoms. The molecule has 1 aromatic rings. The van der Waals surface area contributed by atoms with Crippen LogP contribution in [0.2, 0.25) is 0 Å². The van der Waals surface area contributed by atoms with Crippen molar-refractivity contribution in [2.45, 2.75) is 64.0 Å². The van der Waals surface area contributed by atoms with Gasteiger partial charge in [0, 0.05) is 19.2 Å². The predicted octanol–water partition coefficient (Wildman–Crippen LogP) is 4.00. The van der Waals surface area contributed by atoms with Crippen molar-refractivity contribution in [1.29, 1.82) is 0 Å². The fraction of sp³-hybridized carbons (Fsp3) is 0.577. The smallest absolute Gasteiger partial charge is 0.304 e. The molecule has 0 unspecified atom stereocenters. The summed E-state index contributed by atoms with van der Waals surface area (Å²) >= 11 is 0. The highest BCUT2D eigenvalue weighted by Crippen LogP contribution is 2.40. The maximum atomic E-state index is 13.8. The third kappa shape index (κ3) is 8.05. The number of ether oxygens (including phenoxy) is 1. The van der Waals surface area contributed by atoms with Crippen LogP contribution in [0.5, 0.6) is 0 Å². The fourth-order valence-electron chi connectivity index (χ4n) is 4.40. The summed E-state index contributed by atoms with van der Waals surface area (Å²) in [5.74, 6) is -0.815. The minimum absolute atomic E-state index is 0.0321. The topological polar surface area (TPSA) is 105 Å².